The maximum atomic E-state index is 12.8. The van der Waals surface area contributed by atoms with E-state index in [1.165, 1.54) is 6.07 Å². The van der Waals surface area contributed by atoms with Gasteiger partial charge in [0.1, 0.15) is 0 Å². The van der Waals surface area contributed by atoms with Crippen LogP contribution < -0.4 is 0 Å². The Hall–Kier alpha value is -1.01. The van der Waals surface area contributed by atoms with E-state index in [2.05, 4.69) is 0 Å². The van der Waals surface area contributed by atoms with Gasteiger partial charge in [-0.25, -0.2) is 4.79 Å². The summed E-state index contributed by atoms with van der Waals surface area (Å²) in [4.78, 5) is 10.8. The minimum atomic E-state index is -4.14. The standard InChI is InChI=1S/C8H8F2O3S/c1-4-2-3-5(14-4)6(11)8(9,10)7(12)13/h2-3,6,11H,1H3,(H,12,13). The predicted octanol–water partition coefficient (Wildman–Crippen LogP) is 1.81. The van der Waals surface area contributed by atoms with Crippen molar-refractivity contribution in [1.82, 2.24) is 0 Å². The molecule has 6 heteroatoms. The molecule has 0 saturated heterocycles. The molecule has 0 aliphatic rings. The van der Waals surface area contributed by atoms with E-state index in [1.54, 1.807) is 13.0 Å². The van der Waals surface area contributed by atoms with Crippen LogP contribution in [0.25, 0.3) is 0 Å². The van der Waals surface area contributed by atoms with Gasteiger partial charge in [-0.2, -0.15) is 8.78 Å². The molecule has 2 N–H and O–H groups in total. The number of carbonyl (C=O) groups is 1. The van der Waals surface area contributed by atoms with E-state index in [1.807, 2.05) is 0 Å². The average molecular weight is 222 g/mol. The maximum absolute atomic E-state index is 12.8. The van der Waals surface area contributed by atoms with Crippen LogP contribution in [-0.2, 0) is 4.79 Å². The maximum Gasteiger partial charge on any atom is 0.377 e. The third kappa shape index (κ3) is 1.91. The van der Waals surface area contributed by atoms with Gasteiger partial charge in [-0.1, -0.05) is 0 Å². The highest BCUT2D eigenvalue weighted by Crippen LogP contribution is 2.34. The molecule has 1 rings (SSSR count). The van der Waals surface area contributed by atoms with Crippen molar-refractivity contribution in [3.05, 3.63) is 21.9 Å². The van der Waals surface area contributed by atoms with Gasteiger partial charge < -0.3 is 10.2 Å². The number of hydrogen-bond donors (Lipinski definition) is 2. The zero-order chi connectivity index (χ0) is 10.9. The first-order valence-electron chi connectivity index (χ1n) is 3.71. The Balaban J connectivity index is 2.95. The fraction of sp³-hybridized carbons (Fsp3) is 0.375. The predicted molar refractivity (Wildman–Crippen MR) is 46.6 cm³/mol. The van der Waals surface area contributed by atoms with E-state index >= 15 is 0 Å². The highest BCUT2D eigenvalue weighted by Gasteiger charge is 2.48. The van der Waals surface area contributed by atoms with Crippen LogP contribution >= 0.6 is 11.3 Å². The summed E-state index contributed by atoms with van der Waals surface area (Å²) in [6.45, 7) is 1.68. The van der Waals surface area contributed by atoms with Gasteiger partial charge in [0.05, 0.1) is 0 Å². The van der Waals surface area contributed by atoms with Crippen LogP contribution in [0.15, 0.2) is 12.1 Å². The quantitative estimate of drug-likeness (QED) is 0.820. The zero-order valence-corrected chi connectivity index (χ0v) is 8.02. The van der Waals surface area contributed by atoms with Gasteiger partial charge in [0.2, 0.25) is 0 Å². The molecule has 78 valence electrons. The lowest BCUT2D eigenvalue weighted by molar-refractivity contribution is -0.182. The number of alkyl halides is 2. The minimum absolute atomic E-state index is 0.0464. The molecule has 1 aromatic rings. The smallest absolute Gasteiger partial charge is 0.377 e. The Labute approximate surface area is 82.6 Å². The molecule has 0 radical (unpaired) electrons. The largest absolute Gasteiger partial charge is 0.477 e. The number of carboxylic acid groups (broad SMARTS) is 1. The molecule has 0 saturated carbocycles. The molecule has 14 heavy (non-hydrogen) atoms. The molecule has 0 fully saturated rings. The second kappa shape index (κ2) is 3.62. The third-order valence-electron chi connectivity index (χ3n) is 1.66. The van der Waals surface area contributed by atoms with Gasteiger partial charge in [0, 0.05) is 9.75 Å². The Bertz CT molecular complexity index is 348. The highest BCUT2D eigenvalue weighted by atomic mass is 32.1. The van der Waals surface area contributed by atoms with Crippen molar-refractivity contribution in [2.75, 3.05) is 0 Å². The van der Waals surface area contributed by atoms with E-state index in [4.69, 9.17) is 10.2 Å². The third-order valence-corrected chi connectivity index (χ3v) is 2.71. The van der Waals surface area contributed by atoms with Crippen molar-refractivity contribution in [3.63, 3.8) is 0 Å². The Morgan fingerprint density at radius 3 is 2.50 bits per heavy atom. The summed E-state index contributed by atoms with van der Waals surface area (Å²) >= 11 is 0.947. The molecule has 0 spiro atoms. The first kappa shape index (κ1) is 11.1. The summed E-state index contributed by atoms with van der Waals surface area (Å²) in [7, 11) is 0. The molecular formula is C8H8F2O3S. The van der Waals surface area contributed by atoms with Crippen molar-refractivity contribution < 1.29 is 23.8 Å². The number of aliphatic carboxylic acids is 1. The monoisotopic (exact) mass is 222 g/mol. The van der Waals surface area contributed by atoms with Crippen molar-refractivity contribution in [2.45, 2.75) is 19.0 Å². The Kier molecular flexibility index (Phi) is 2.86. The second-order valence-electron chi connectivity index (χ2n) is 2.78. The van der Waals surface area contributed by atoms with Crippen LogP contribution in [0.2, 0.25) is 0 Å². The minimum Gasteiger partial charge on any atom is -0.477 e. The highest BCUT2D eigenvalue weighted by molar-refractivity contribution is 7.12. The second-order valence-corrected chi connectivity index (χ2v) is 4.10. The van der Waals surface area contributed by atoms with Crippen molar-refractivity contribution >= 4 is 17.3 Å². The van der Waals surface area contributed by atoms with Gasteiger partial charge in [0.15, 0.2) is 6.10 Å². The first-order chi connectivity index (χ1) is 6.35. The van der Waals surface area contributed by atoms with E-state index in [0.29, 0.717) is 0 Å². The Morgan fingerprint density at radius 1 is 1.57 bits per heavy atom. The molecule has 3 nitrogen and oxygen atoms in total. The fourth-order valence-corrected chi connectivity index (χ4v) is 1.80. The van der Waals surface area contributed by atoms with Crippen molar-refractivity contribution in [1.29, 1.82) is 0 Å². The van der Waals surface area contributed by atoms with E-state index in [-0.39, 0.29) is 4.88 Å². The number of thiophene rings is 1. The number of aliphatic hydroxyl groups is 1. The number of halogens is 2. The lowest BCUT2D eigenvalue weighted by Crippen LogP contribution is -2.35. The topological polar surface area (TPSA) is 57.5 Å². The molecule has 0 aliphatic heterocycles. The zero-order valence-electron chi connectivity index (χ0n) is 7.20. The number of aryl methyl sites for hydroxylation is 1. The number of hydrogen-bond acceptors (Lipinski definition) is 3. The van der Waals surface area contributed by atoms with Crippen LogP contribution in [0.5, 0.6) is 0 Å². The van der Waals surface area contributed by atoms with Gasteiger partial charge >= 0.3 is 11.9 Å². The number of aliphatic hydroxyl groups excluding tert-OH is 1. The van der Waals surface area contributed by atoms with Crippen molar-refractivity contribution in [3.8, 4) is 0 Å². The van der Waals surface area contributed by atoms with Crippen LogP contribution in [0.4, 0.5) is 8.78 Å². The van der Waals surface area contributed by atoms with Gasteiger partial charge in [-0.05, 0) is 19.1 Å². The summed E-state index contributed by atoms with van der Waals surface area (Å²) in [5.74, 6) is -6.46. The van der Waals surface area contributed by atoms with Crippen molar-refractivity contribution in [2.24, 2.45) is 0 Å². The molecular weight excluding hydrogens is 214 g/mol. The number of rotatable bonds is 3. The number of carboxylic acids is 1. The molecule has 1 heterocycles. The summed E-state index contributed by atoms with van der Waals surface area (Å²) in [6.07, 6.45) is -2.28. The summed E-state index contributed by atoms with van der Waals surface area (Å²) in [5.41, 5.74) is 0. The molecule has 0 aliphatic carbocycles. The van der Waals surface area contributed by atoms with Crippen LogP contribution in [0, 0.1) is 6.92 Å². The van der Waals surface area contributed by atoms with E-state index in [0.717, 1.165) is 16.2 Å². The normalized spacial score (nSPS) is 14.0. The SMILES string of the molecule is Cc1ccc(C(O)C(F)(F)C(=O)O)s1. The van der Waals surface area contributed by atoms with Crippen LogP contribution in [-0.4, -0.2) is 22.1 Å². The van der Waals surface area contributed by atoms with Gasteiger partial charge in [-0.15, -0.1) is 11.3 Å². The molecule has 0 amide bonds. The van der Waals surface area contributed by atoms with E-state index < -0.39 is 18.0 Å². The molecule has 1 atom stereocenters. The molecule has 1 aromatic heterocycles. The fourth-order valence-electron chi connectivity index (χ4n) is 0.896. The summed E-state index contributed by atoms with van der Waals surface area (Å²) in [6, 6.07) is 2.84. The summed E-state index contributed by atoms with van der Waals surface area (Å²) in [5, 5.41) is 17.3. The first-order valence-corrected chi connectivity index (χ1v) is 4.53. The lowest BCUT2D eigenvalue weighted by Gasteiger charge is -2.16. The summed E-state index contributed by atoms with van der Waals surface area (Å²) < 4.78 is 25.6. The average Bonchev–Trinajstić information content (AvgIpc) is 2.50. The molecule has 0 aromatic carbocycles. The van der Waals surface area contributed by atoms with E-state index in [9.17, 15) is 13.6 Å². The van der Waals surface area contributed by atoms with Crippen LogP contribution in [0.3, 0.4) is 0 Å². The molecule has 0 bridgehead atoms. The van der Waals surface area contributed by atoms with Gasteiger partial charge in [-0.3, -0.25) is 0 Å². The Morgan fingerprint density at radius 2 is 2.14 bits per heavy atom. The molecule has 1 unspecified atom stereocenters. The van der Waals surface area contributed by atoms with Gasteiger partial charge in [0.25, 0.3) is 0 Å². The van der Waals surface area contributed by atoms with Crippen LogP contribution in [0.1, 0.15) is 15.9 Å². The lowest BCUT2D eigenvalue weighted by atomic mass is 10.1.